The molecule has 0 saturated carbocycles. The Kier molecular flexibility index (Phi) is 12.9. The van der Waals surface area contributed by atoms with Gasteiger partial charge >= 0.3 is 0 Å². The highest BCUT2D eigenvalue weighted by molar-refractivity contribution is 8.02. The zero-order chi connectivity index (χ0) is 12.7. The summed E-state index contributed by atoms with van der Waals surface area (Å²) in [6, 6.07) is 0. The van der Waals surface area contributed by atoms with Crippen LogP contribution in [0.15, 0.2) is 0 Å². The minimum absolute atomic E-state index is 0.684. The van der Waals surface area contributed by atoms with Gasteiger partial charge in [-0.3, -0.25) is 0 Å². The molecule has 0 N–H and O–H groups in total. The van der Waals surface area contributed by atoms with E-state index < -0.39 is 0 Å². The maximum absolute atomic E-state index is 5.50. The predicted octanol–water partition coefficient (Wildman–Crippen LogP) is 2.69. The molecular weight excluding hydrogens is 268 g/mol. The van der Waals surface area contributed by atoms with Gasteiger partial charge in [-0.15, -0.1) is 0 Å². The number of hydrogen-bond acceptors (Lipinski definition) is 5. The van der Waals surface area contributed by atoms with E-state index in [1.165, 1.54) is 36.5 Å². The standard InChI is InChI=1S/C13H26O3S2/c1-2-4-14-5-6-15-7-8-16-9-11-18-13-12-17-10-3-1/h1-13H2. The van der Waals surface area contributed by atoms with Crippen molar-refractivity contribution in [1.29, 1.82) is 0 Å². The molecule has 3 nitrogen and oxygen atoms in total. The second-order valence-corrected chi connectivity index (χ2v) is 6.57. The van der Waals surface area contributed by atoms with Crippen molar-refractivity contribution >= 4 is 23.5 Å². The van der Waals surface area contributed by atoms with E-state index in [1.54, 1.807) is 0 Å². The van der Waals surface area contributed by atoms with Crippen LogP contribution >= 0.6 is 23.5 Å². The van der Waals surface area contributed by atoms with Crippen LogP contribution in [0.4, 0.5) is 0 Å². The van der Waals surface area contributed by atoms with Crippen LogP contribution in [0.1, 0.15) is 19.3 Å². The van der Waals surface area contributed by atoms with Crippen LogP contribution in [0.3, 0.4) is 0 Å². The van der Waals surface area contributed by atoms with Crippen LogP contribution in [-0.4, -0.2) is 62.7 Å². The van der Waals surface area contributed by atoms with Crippen molar-refractivity contribution in [3.8, 4) is 0 Å². The molecule has 0 atom stereocenters. The lowest BCUT2D eigenvalue weighted by Gasteiger charge is -2.08. The van der Waals surface area contributed by atoms with Crippen molar-refractivity contribution in [3.05, 3.63) is 0 Å². The van der Waals surface area contributed by atoms with E-state index in [2.05, 4.69) is 11.8 Å². The first-order valence-corrected chi connectivity index (χ1v) is 9.20. The molecule has 1 aliphatic rings. The van der Waals surface area contributed by atoms with Gasteiger partial charge in [0.1, 0.15) is 0 Å². The van der Waals surface area contributed by atoms with Crippen LogP contribution in [0, 0.1) is 0 Å². The van der Waals surface area contributed by atoms with Crippen LogP contribution in [0.2, 0.25) is 0 Å². The highest BCUT2D eigenvalue weighted by atomic mass is 32.2. The number of ether oxygens (including phenoxy) is 3. The molecule has 0 aromatic rings. The Bertz CT molecular complexity index is 95.3. The smallest absolute Gasteiger partial charge is 0.0701 e. The Morgan fingerprint density at radius 3 is 1.83 bits per heavy atom. The van der Waals surface area contributed by atoms with E-state index in [9.17, 15) is 0 Å². The van der Waals surface area contributed by atoms with E-state index >= 15 is 0 Å². The summed E-state index contributed by atoms with van der Waals surface area (Å²) in [5.41, 5.74) is 0. The molecule has 18 heavy (non-hydrogen) atoms. The normalized spacial score (nSPS) is 24.0. The summed E-state index contributed by atoms with van der Waals surface area (Å²) in [7, 11) is 0. The third-order valence-electron chi connectivity index (χ3n) is 2.57. The van der Waals surface area contributed by atoms with Gasteiger partial charge in [-0.2, -0.15) is 23.5 Å². The minimum Gasteiger partial charge on any atom is -0.379 e. The summed E-state index contributed by atoms with van der Waals surface area (Å²) in [5, 5.41) is 0. The molecule has 0 amide bonds. The molecule has 0 aliphatic carbocycles. The summed E-state index contributed by atoms with van der Waals surface area (Å²) in [6.45, 7) is 4.51. The molecule has 1 aliphatic heterocycles. The molecular formula is C13H26O3S2. The van der Waals surface area contributed by atoms with Crippen molar-refractivity contribution in [1.82, 2.24) is 0 Å². The lowest BCUT2D eigenvalue weighted by molar-refractivity contribution is 0.0167. The topological polar surface area (TPSA) is 27.7 Å². The van der Waals surface area contributed by atoms with Crippen molar-refractivity contribution < 1.29 is 14.2 Å². The third-order valence-corrected chi connectivity index (χ3v) is 4.84. The molecule has 0 unspecified atom stereocenters. The largest absolute Gasteiger partial charge is 0.379 e. The molecule has 0 radical (unpaired) electrons. The molecule has 5 heteroatoms. The maximum atomic E-state index is 5.50. The zero-order valence-corrected chi connectivity index (χ0v) is 12.9. The molecule has 108 valence electrons. The predicted molar refractivity (Wildman–Crippen MR) is 81.0 cm³/mol. The first kappa shape index (κ1) is 16.6. The van der Waals surface area contributed by atoms with E-state index in [1.807, 2.05) is 11.8 Å². The van der Waals surface area contributed by atoms with Gasteiger partial charge in [0.15, 0.2) is 0 Å². The van der Waals surface area contributed by atoms with Gasteiger partial charge < -0.3 is 14.2 Å². The van der Waals surface area contributed by atoms with Crippen molar-refractivity contribution in [3.63, 3.8) is 0 Å². The van der Waals surface area contributed by atoms with E-state index in [4.69, 9.17) is 14.2 Å². The van der Waals surface area contributed by atoms with Crippen molar-refractivity contribution in [2.45, 2.75) is 19.3 Å². The Balaban J connectivity index is 2.00. The van der Waals surface area contributed by atoms with Gasteiger partial charge in [-0.25, -0.2) is 0 Å². The Labute approximate surface area is 120 Å². The summed E-state index contributed by atoms with van der Waals surface area (Å²) in [4.78, 5) is 0. The Morgan fingerprint density at radius 1 is 0.444 bits per heavy atom. The van der Waals surface area contributed by atoms with Gasteiger partial charge in [-0.05, 0) is 18.6 Å². The minimum atomic E-state index is 0.684. The van der Waals surface area contributed by atoms with Crippen LogP contribution in [0.5, 0.6) is 0 Å². The monoisotopic (exact) mass is 294 g/mol. The number of thioether (sulfide) groups is 2. The number of hydrogen-bond donors (Lipinski definition) is 0. The van der Waals surface area contributed by atoms with Crippen molar-refractivity contribution in [2.75, 3.05) is 62.7 Å². The quantitative estimate of drug-likeness (QED) is 0.685. The Hall–Kier alpha value is 0.580. The molecule has 1 saturated heterocycles. The summed E-state index contributed by atoms with van der Waals surface area (Å²) in [6.07, 6.45) is 3.78. The fourth-order valence-corrected chi connectivity index (χ4v) is 3.56. The summed E-state index contributed by atoms with van der Waals surface area (Å²) >= 11 is 4.06. The van der Waals surface area contributed by atoms with Crippen LogP contribution in [-0.2, 0) is 14.2 Å². The van der Waals surface area contributed by atoms with E-state index in [0.717, 1.165) is 19.0 Å². The third kappa shape index (κ3) is 11.7. The summed E-state index contributed by atoms with van der Waals surface area (Å²) in [5.74, 6) is 4.90. The van der Waals surface area contributed by atoms with Crippen LogP contribution in [0.25, 0.3) is 0 Å². The molecule has 1 fully saturated rings. The molecule has 0 bridgehead atoms. The van der Waals surface area contributed by atoms with Gasteiger partial charge in [-0.1, -0.05) is 6.42 Å². The zero-order valence-electron chi connectivity index (χ0n) is 11.2. The van der Waals surface area contributed by atoms with Crippen LogP contribution < -0.4 is 0 Å². The van der Waals surface area contributed by atoms with Gasteiger partial charge in [0.2, 0.25) is 0 Å². The van der Waals surface area contributed by atoms with Gasteiger partial charge in [0, 0.05) is 23.9 Å². The molecule has 0 spiro atoms. The fraction of sp³-hybridized carbons (Fsp3) is 1.00. The maximum Gasteiger partial charge on any atom is 0.0701 e. The Morgan fingerprint density at radius 2 is 1.06 bits per heavy atom. The second kappa shape index (κ2) is 14.0. The summed E-state index contributed by atoms with van der Waals surface area (Å²) < 4.78 is 16.4. The molecule has 1 rings (SSSR count). The lowest BCUT2D eigenvalue weighted by atomic mass is 10.3. The van der Waals surface area contributed by atoms with Gasteiger partial charge in [0.05, 0.1) is 33.0 Å². The average molecular weight is 294 g/mol. The first-order valence-electron chi connectivity index (χ1n) is 6.89. The molecule has 0 aromatic carbocycles. The highest BCUT2D eigenvalue weighted by Gasteiger charge is 1.96. The number of rotatable bonds is 0. The van der Waals surface area contributed by atoms with E-state index in [0.29, 0.717) is 26.4 Å². The lowest BCUT2D eigenvalue weighted by Crippen LogP contribution is -2.11. The second-order valence-electron chi connectivity index (χ2n) is 4.12. The fourth-order valence-electron chi connectivity index (χ4n) is 1.57. The SMILES string of the molecule is C1CCOCCOCCOCCSCCSCC1. The average Bonchev–Trinajstić information content (AvgIpc) is 2.39. The van der Waals surface area contributed by atoms with Gasteiger partial charge in [0.25, 0.3) is 0 Å². The van der Waals surface area contributed by atoms with Crippen molar-refractivity contribution in [2.24, 2.45) is 0 Å². The van der Waals surface area contributed by atoms with E-state index in [-0.39, 0.29) is 0 Å². The molecule has 1 heterocycles. The molecule has 0 aromatic heterocycles. The highest BCUT2D eigenvalue weighted by Crippen LogP contribution is 2.10. The first-order chi connectivity index (χ1) is 9.00.